The van der Waals surface area contributed by atoms with Crippen LogP contribution in [-0.4, -0.2) is 48.9 Å². The number of methoxy groups -OCH3 is 1. The molecule has 0 bridgehead atoms. The number of nitrogens with zero attached hydrogens (tertiary/aromatic N) is 2. The fourth-order valence-corrected chi connectivity index (χ4v) is 1.95. The average molecular weight is 302 g/mol. The number of hydrogen-bond acceptors (Lipinski definition) is 6. The van der Waals surface area contributed by atoms with Crippen LogP contribution >= 0.6 is 11.6 Å². The predicted octanol–water partition coefficient (Wildman–Crippen LogP) is 1.27. The van der Waals surface area contributed by atoms with Crippen LogP contribution in [0.1, 0.15) is 12.8 Å². The van der Waals surface area contributed by atoms with Gasteiger partial charge in [0.1, 0.15) is 6.61 Å². The number of anilines is 1. The molecular weight excluding hydrogens is 286 g/mol. The monoisotopic (exact) mass is 301 g/mol. The summed E-state index contributed by atoms with van der Waals surface area (Å²) >= 11 is 5.67. The lowest BCUT2D eigenvalue weighted by atomic mass is 10.2. The van der Waals surface area contributed by atoms with Gasteiger partial charge in [0.15, 0.2) is 11.6 Å². The zero-order chi connectivity index (χ0) is 14.4. The highest BCUT2D eigenvalue weighted by Gasteiger charge is 2.16. The van der Waals surface area contributed by atoms with Gasteiger partial charge in [-0.3, -0.25) is 4.79 Å². The Labute approximate surface area is 121 Å². The highest BCUT2D eigenvalue weighted by Crippen LogP contribution is 2.21. The molecule has 1 amide bonds. The molecule has 8 heteroatoms. The minimum Gasteiger partial charge on any atom is -0.491 e. The number of carbonyl (C=O) groups excluding carboxylic acids is 1. The molecule has 0 spiro atoms. The second kappa shape index (κ2) is 7.37. The van der Waals surface area contributed by atoms with Crippen LogP contribution in [0.4, 0.5) is 5.82 Å². The molecule has 7 nitrogen and oxygen atoms in total. The largest absolute Gasteiger partial charge is 0.491 e. The summed E-state index contributed by atoms with van der Waals surface area (Å²) in [6.45, 7) is 1.09. The Morgan fingerprint density at radius 2 is 2.50 bits per heavy atom. The van der Waals surface area contributed by atoms with Crippen LogP contribution in [0.3, 0.4) is 0 Å². The quantitative estimate of drug-likeness (QED) is 0.797. The molecule has 1 fully saturated rings. The van der Waals surface area contributed by atoms with Crippen molar-refractivity contribution in [2.45, 2.75) is 18.9 Å². The molecule has 0 radical (unpaired) electrons. The summed E-state index contributed by atoms with van der Waals surface area (Å²) in [6.07, 6.45) is 3.48. The molecule has 1 aliphatic heterocycles. The maximum atomic E-state index is 11.7. The molecule has 1 aromatic rings. The summed E-state index contributed by atoms with van der Waals surface area (Å²) < 4.78 is 15.7. The molecule has 20 heavy (non-hydrogen) atoms. The molecule has 0 aliphatic carbocycles. The lowest BCUT2D eigenvalue weighted by Crippen LogP contribution is -2.23. The number of aromatic nitrogens is 2. The average Bonchev–Trinajstić information content (AvgIpc) is 2.92. The summed E-state index contributed by atoms with van der Waals surface area (Å²) in [5, 5.41) is 2.59. The lowest BCUT2D eigenvalue weighted by Gasteiger charge is -2.11. The van der Waals surface area contributed by atoms with Crippen LogP contribution < -0.4 is 10.1 Å². The number of halogens is 1. The van der Waals surface area contributed by atoms with E-state index in [-0.39, 0.29) is 29.7 Å². The van der Waals surface area contributed by atoms with Crippen LogP contribution in [-0.2, 0) is 14.3 Å². The zero-order valence-electron chi connectivity index (χ0n) is 11.1. The van der Waals surface area contributed by atoms with E-state index in [9.17, 15) is 4.79 Å². The van der Waals surface area contributed by atoms with E-state index in [2.05, 4.69) is 15.3 Å². The molecule has 0 aromatic carbocycles. The van der Waals surface area contributed by atoms with Crippen molar-refractivity contribution in [1.82, 2.24) is 9.97 Å². The van der Waals surface area contributed by atoms with Crippen molar-refractivity contribution in [1.29, 1.82) is 0 Å². The number of nitrogens with one attached hydrogen (secondary N) is 1. The van der Waals surface area contributed by atoms with Gasteiger partial charge in [-0.2, -0.15) is 4.98 Å². The SMILES string of the molecule is COc1cnc(Cl)nc1NC(=O)COCC1CCCO1. The number of rotatable bonds is 6. The van der Waals surface area contributed by atoms with E-state index < -0.39 is 0 Å². The minimum absolute atomic E-state index is 0.0290. The number of carbonyl (C=O) groups is 1. The van der Waals surface area contributed by atoms with Crippen LogP contribution in [0, 0.1) is 0 Å². The standard InChI is InChI=1S/C12H16ClN3O4/c1-18-9-5-14-12(13)16-11(9)15-10(17)7-19-6-8-3-2-4-20-8/h5,8H,2-4,6-7H2,1H3,(H,14,15,16,17). The van der Waals surface area contributed by atoms with Crippen LogP contribution in [0.25, 0.3) is 0 Å². The van der Waals surface area contributed by atoms with Crippen LogP contribution in [0.15, 0.2) is 6.20 Å². The van der Waals surface area contributed by atoms with E-state index in [0.717, 1.165) is 19.4 Å². The van der Waals surface area contributed by atoms with E-state index in [0.29, 0.717) is 12.4 Å². The first-order chi connectivity index (χ1) is 9.69. The number of amides is 1. The Morgan fingerprint density at radius 1 is 1.65 bits per heavy atom. The van der Waals surface area contributed by atoms with Crippen molar-refractivity contribution in [2.75, 3.05) is 32.2 Å². The fraction of sp³-hybridized carbons (Fsp3) is 0.583. The fourth-order valence-electron chi connectivity index (χ4n) is 1.82. The molecule has 1 aromatic heterocycles. The van der Waals surface area contributed by atoms with Crippen LogP contribution in [0.5, 0.6) is 5.75 Å². The summed E-state index contributed by atoms with van der Waals surface area (Å²) in [7, 11) is 1.45. The van der Waals surface area contributed by atoms with Gasteiger partial charge in [0, 0.05) is 6.61 Å². The normalized spacial score (nSPS) is 18.0. The van der Waals surface area contributed by atoms with Crippen LogP contribution in [0.2, 0.25) is 5.28 Å². The zero-order valence-corrected chi connectivity index (χ0v) is 11.9. The van der Waals surface area contributed by atoms with Crippen molar-refractivity contribution in [2.24, 2.45) is 0 Å². The molecule has 2 heterocycles. The Bertz CT molecular complexity index is 466. The predicted molar refractivity (Wildman–Crippen MR) is 72.0 cm³/mol. The van der Waals surface area contributed by atoms with Gasteiger partial charge in [-0.15, -0.1) is 0 Å². The van der Waals surface area contributed by atoms with Gasteiger partial charge >= 0.3 is 0 Å². The molecule has 1 aliphatic rings. The van der Waals surface area contributed by atoms with Gasteiger partial charge in [0.25, 0.3) is 5.91 Å². The smallest absolute Gasteiger partial charge is 0.251 e. The van der Waals surface area contributed by atoms with E-state index in [1.807, 2.05) is 0 Å². The third kappa shape index (κ3) is 4.29. The molecule has 1 N–H and O–H groups in total. The summed E-state index contributed by atoms with van der Waals surface area (Å²) in [5.74, 6) is 0.219. The highest BCUT2D eigenvalue weighted by molar-refractivity contribution is 6.28. The third-order valence-corrected chi connectivity index (χ3v) is 2.95. The Balaban J connectivity index is 1.80. The minimum atomic E-state index is -0.337. The maximum Gasteiger partial charge on any atom is 0.251 e. The Hall–Kier alpha value is -1.44. The van der Waals surface area contributed by atoms with Crippen molar-refractivity contribution >= 4 is 23.3 Å². The topological polar surface area (TPSA) is 82.6 Å². The van der Waals surface area contributed by atoms with Crippen molar-refractivity contribution in [3.8, 4) is 5.75 Å². The molecule has 0 saturated carbocycles. The van der Waals surface area contributed by atoms with Gasteiger partial charge < -0.3 is 19.5 Å². The summed E-state index contributed by atoms with van der Waals surface area (Å²) in [6, 6.07) is 0. The summed E-state index contributed by atoms with van der Waals surface area (Å²) in [4.78, 5) is 19.4. The summed E-state index contributed by atoms with van der Waals surface area (Å²) in [5.41, 5.74) is 0. The first-order valence-corrected chi connectivity index (χ1v) is 6.62. The van der Waals surface area contributed by atoms with E-state index in [1.165, 1.54) is 13.3 Å². The second-order valence-corrected chi connectivity index (χ2v) is 4.59. The van der Waals surface area contributed by atoms with Gasteiger partial charge in [-0.25, -0.2) is 4.98 Å². The van der Waals surface area contributed by atoms with E-state index >= 15 is 0 Å². The van der Waals surface area contributed by atoms with Crippen molar-refractivity contribution in [3.63, 3.8) is 0 Å². The molecule has 2 rings (SSSR count). The van der Waals surface area contributed by atoms with E-state index in [4.69, 9.17) is 25.8 Å². The highest BCUT2D eigenvalue weighted by atomic mass is 35.5. The van der Waals surface area contributed by atoms with E-state index in [1.54, 1.807) is 0 Å². The van der Waals surface area contributed by atoms with Crippen molar-refractivity contribution in [3.05, 3.63) is 11.5 Å². The third-order valence-electron chi connectivity index (χ3n) is 2.76. The number of hydrogen-bond donors (Lipinski definition) is 1. The Morgan fingerprint density at radius 3 is 3.20 bits per heavy atom. The second-order valence-electron chi connectivity index (χ2n) is 4.25. The number of ether oxygens (including phenoxy) is 3. The molecule has 1 saturated heterocycles. The Kier molecular flexibility index (Phi) is 5.51. The van der Waals surface area contributed by atoms with Crippen molar-refractivity contribution < 1.29 is 19.0 Å². The molecule has 1 unspecified atom stereocenters. The van der Waals surface area contributed by atoms with Gasteiger partial charge in [-0.05, 0) is 24.4 Å². The molecule has 1 atom stereocenters. The molecule has 110 valence electrons. The maximum absolute atomic E-state index is 11.7. The first-order valence-electron chi connectivity index (χ1n) is 6.24. The van der Waals surface area contributed by atoms with Gasteiger partial charge in [0.05, 0.1) is 26.0 Å². The first kappa shape index (κ1) is 15.0. The van der Waals surface area contributed by atoms with Gasteiger partial charge in [-0.1, -0.05) is 0 Å². The van der Waals surface area contributed by atoms with Gasteiger partial charge in [0.2, 0.25) is 5.28 Å². The lowest BCUT2D eigenvalue weighted by molar-refractivity contribution is -0.121. The molecular formula is C12H16ClN3O4.